The second-order valence-corrected chi connectivity index (χ2v) is 8.04. The van der Waals surface area contributed by atoms with Crippen molar-refractivity contribution in [3.8, 4) is 0 Å². The maximum absolute atomic E-state index is 11.6. The maximum Gasteiger partial charge on any atom is 0.211 e. The summed E-state index contributed by atoms with van der Waals surface area (Å²) in [6.07, 6.45) is 5.29. The fourth-order valence-electron chi connectivity index (χ4n) is 2.82. The molecule has 0 bridgehead atoms. The van der Waals surface area contributed by atoms with E-state index in [0.29, 0.717) is 13.1 Å². The van der Waals surface area contributed by atoms with Gasteiger partial charge in [-0.1, -0.05) is 18.2 Å². The molecule has 5 nitrogen and oxygen atoms in total. The highest BCUT2D eigenvalue weighted by Crippen LogP contribution is 2.26. The summed E-state index contributed by atoms with van der Waals surface area (Å²) in [5.74, 6) is 0. The molecule has 0 radical (unpaired) electrons. The molecule has 0 aliphatic carbocycles. The quantitative estimate of drug-likeness (QED) is 0.931. The van der Waals surface area contributed by atoms with Gasteiger partial charge in [-0.3, -0.25) is 0 Å². The van der Waals surface area contributed by atoms with E-state index in [0.717, 1.165) is 16.8 Å². The van der Waals surface area contributed by atoms with Gasteiger partial charge in [0.15, 0.2) is 0 Å². The molecule has 1 N–H and O–H groups in total. The number of nitrogens with zero attached hydrogens (tertiary/aromatic N) is 2. The smallest absolute Gasteiger partial charge is 0.211 e. The predicted octanol–water partition coefficient (Wildman–Crippen LogP) is 1.94. The van der Waals surface area contributed by atoms with Crippen molar-refractivity contribution >= 4 is 26.5 Å². The Balaban J connectivity index is 1.93. The van der Waals surface area contributed by atoms with Crippen molar-refractivity contribution in [1.82, 2.24) is 14.2 Å². The Kier molecular flexibility index (Phi) is 4.04. The minimum Gasteiger partial charge on any atom is -0.387 e. The van der Waals surface area contributed by atoms with Crippen molar-refractivity contribution in [2.45, 2.75) is 0 Å². The van der Waals surface area contributed by atoms with Gasteiger partial charge in [0.1, 0.15) is 0 Å². The molecule has 0 fully saturated rings. The van der Waals surface area contributed by atoms with Gasteiger partial charge in [0, 0.05) is 49.9 Å². The zero-order valence-electron chi connectivity index (χ0n) is 13.6. The molecule has 0 unspecified atom stereocenters. The maximum atomic E-state index is 11.6. The number of sulfonamides is 1. The summed E-state index contributed by atoms with van der Waals surface area (Å²) in [6, 6.07) is 10.4. The lowest BCUT2D eigenvalue weighted by molar-refractivity contribution is 0.495. The fourth-order valence-corrected chi connectivity index (χ4v) is 3.22. The normalized spacial score (nSPS) is 15.5. The summed E-state index contributed by atoms with van der Waals surface area (Å²) in [4.78, 5) is 0. The monoisotopic (exact) mass is 331 g/mol. The van der Waals surface area contributed by atoms with Crippen molar-refractivity contribution in [3.05, 3.63) is 53.9 Å². The number of aromatic nitrogens is 1. The second kappa shape index (κ2) is 5.86. The lowest BCUT2D eigenvalue weighted by atomic mass is 10.1. The Morgan fingerprint density at radius 3 is 2.74 bits per heavy atom. The van der Waals surface area contributed by atoms with Crippen LogP contribution in [-0.4, -0.2) is 43.7 Å². The highest BCUT2D eigenvalue weighted by molar-refractivity contribution is 7.88. The summed E-state index contributed by atoms with van der Waals surface area (Å²) in [7, 11) is 0.474. The Morgan fingerprint density at radius 1 is 1.30 bits per heavy atom. The molecule has 122 valence electrons. The average Bonchev–Trinajstić information content (AvgIpc) is 2.84. The molecule has 0 amide bonds. The number of fused-ring (bicyclic) bond motifs is 1. The molecular formula is C17H21N3O2S. The summed E-state index contributed by atoms with van der Waals surface area (Å²) in [6.45, 7) is 1.06. The van der Waals surface area contributed by atoms with E-state index >= 15 is 0 Å². The lowest BCUT2D eigenvalue weighted by Crippen LogP contribution is -2.31. The zero-order chi connectivity index (χ0) is 16.6. The van der Waals surface area contributed by atoms with Crippen LogP contribution in [0.1, 0.15) is 5.69 Å². The van der Waals surface area contributed by atoms with Gasteiger partial charge in [0.2, 0.25) is 10.0 Å². The molecule has 2 heterocycles. The molecule has 23 heavy (non-hydrogen) atoms. The first-order chi connectivity index (χ1) is 10.9. The van der Waals surface area contributed by atoms with E-state index in [1.807, 2.05) is 25.4 Å². The number of hydrogen-bond donors (Lipinski definition) is 1. The van der Waals surface area contributed by atoms with E-state index in [2.05, 4.69) is 34.2 Å². The van der Waals surface area contributed by atoms with Gasteiger partial charge in [-0.05, 0) is 23.8 Å². The van der Waals surface area contributed by atoms with Crippen molar-refractivity contribution < 1.29 is 8.42 Å². The zero-order valence-corrected chi connectivity index (χ0v) is 14.4. The number of aryl methyl sites for hydroxylation is 1. The topological polar surface area (TPSA) is 54.3 Å². The Morgan fingerprint density at radius 2 is 2.04 bits per heavy atom. The standard InChI is InChI=1S/C17H21N3O2S/c1-19(23(3,21)22)12-13-8-15(11-18-10-13)17-9-14-6-4-5-7-16(14)20(17)2/h4-9,11,18H,10,12H2,1-3H3. The molecule has 1 aliphatic heterocycles. The number of rotatable bonds is 4. The molecule has 1 aromatic carbocycles. The van der Waals surface area contributed by atoms with E-state index in [-0.39, 0.29) is 0 Å². The highest BCUT2D eigenvalue weighted by atomic mass is 32.2. The summed E-state index contributed by atoms with van der Waals surface area (Å²) < 4.78 is 26.7. The number of allylic oxidation sites excluding steroid dienone is 2. The van der Waals surface area contributed by atoms with Crippen LogP contribution in [0.5, 0.6) is 0 Å². The molecule has 1 aromatic heterocycles. The average molecular weight is 331 g/mol. The molecule has 6 heteroatoms. The predicted molar refractivity (Wildman–Crippen MR) is 94.5 cm³/mol. The van der Waals surface area contributed by atoms with Crippen molar-refractivity contribution in [2.75, 3.05) is 26.4 Å². The van der Waals surface area contributed by atoms with Gasteiger partial charge in [-0.25, -0.2) is 12.7 Å². The van der Waals surface area contributed by atoms with E-state index in [1.165, 1.54) is 21.5 Å². The Hall–Kier alpha value is -2.05. The SMILES string of the molecule is CN(CC1=CC(c2cc3ccccc3n2C)=CNC1)S(C)(=O)=O. The van der Waals surface area contributed by atoms with Crippen molar-refractivity contribution in [3.63, 3.8) is 0 Å². The van der Waals surface area contributed by atoms with Crippen LogP contribution in [0.3, 0.4) is 0 Å². The molecule has 0 saturated carbocycles. The number of hydrogen-bond acceptors (Lipinski definition) is 3. The number of likely N-dealkylation sites (N-methyl/N-ethyl adjacent to an activating group) is 1. The fraction of sp³-hybridized carbons (Fsp3) is 0.294. The van der Waals surface area contributed by atoms with Crippen LogP contribution in [0.2, 0.25) is 0 Å². The Bertz CT molecular complexity index is 907. The van der Waals surface area contributed by atoms with Crippen LogP contribution in [0.25, 0.3) is 16.5 Å². The third kappa shape index (κ3) is 3.18. The summed E-state index contributed by atoms with van der Waals surface area (Å²) >= 11 is 0. The molecular weight excluding hydrogens is 310 g/mol. The van der Waals surface area contributed by atoms with Gasteiger partial charge >= 0.3 is 0 Å². The van der Waals surface area contributed by atoms with Crippen molar-refractivity contribution in [1.29, 1.82) is 0 Å². The highest BCUT2D eigenvalue weighted by Gasteiger charge is 2.16. The van der Waals surface area contributed by atoms with Crippen LogP contribution < -0.4 is 5.32 Å². The first-order valence-corrected chi connectivity index (χ1v) is 9.30. The largest absolute Gasteiger partial charge is 0.387 e. The first kappa shape index (κ1) is 15.8. The van der Waals surface area contributed by atoms with Crippen LogP contribution >= 0.6 is 0 Å². The number of benzene rings is 1. The minimum atomic E-state index is -3.17. The van der Waals surface area contributed by atoms with Gasteiger partial charge in [0.25, 0.3) is 0 Å². The van der Waals surface area contributed by atoms with Crippen LogP contribution in [0.15, 0.2) is 48.2 Å². The molecule has 2 aromatic rings. The second-order valence-electron chi connectivity index (χ2n) is 5.95. The molecule has 0 spiro atoms. The van der Waals surface area contributed by atoms with Gasteiger partial charge in [-0.15, -0.1) is 0 Å². The first-order valence-electron chi connectivity index (χ1n) is 7.45. The van der Waals surface area contributed by atoms with Crippen LogP contribution in [0.4, 0.5) is 0 Å². The third-order valence-corrected chi connectivity index (χ3v) is 5.45. The third-order valence-electron chi connectivity index (χ3n) is 4.19. The Labute approximate surface area is 137 Å². The molecule has 0 saturated heterocycles. The van der Waals surface area contributed by atoms with Gasteiger partial charge in [-0.2, -0.15) is 0 Å². The minimum absolute atomic E-state index is 0.396. The summed E-state index contributed by atoms with van der Waals surface area (Å²) in [5.41, 5.74) is 4.39. The van der Waals surface area contributed by atoms with E-state index in [1.54, 1.807) is 7.05 Å². The number of nitrogens with one attached hydrogen (secondary N) is 1. The van der Waals surface area contributed by atoms with E-state index in [9.17, 15) is 8.42 Å². The van der Waals surface area contributed by atoms with Gasteiger partial charge < -0.3 is 9.88 Å². The number of para-hydroxylation sites is 1. The molecule has 0 atom stereocenters. The van der Waals surface area contributed by atoms with E-state index in [4.69, 9.17) is 0 Å². The lowest BCUT2D eigenvalue weighted by Gasteiger charge is -2.20. The van der Waals surface area contributed by atoms with Crippen LogP contribution in [0, 0.1) is 0 Å². The van der Waals surface area contributed by atoms with Gasteiger partial charge in [0.05, 0.1) is 11.9 Å². The molecule has 3 rings (SSSR count). The van der Waals surface area contributed by atoms with E-state index < -0.39 is 10.0 Å². The van der Waals surface area contributed by atoms with Crippen molar-refractivity contribution in [2.24, 2.45) is 7.05 Å². The number of dihydropyridines is 1. The molecule has 1 aliphatic rings. The summed E-state index contributed by atoms with van der Waals surface area (Å²) in [5, 5.41) is 4.44. The van der Waals surface area contributed by atoms with Crippen LogP contribution in [-0.2, 0) is 17.1 Å².